The number of nitrogens with zero attached hydrogens (tertiary/aromatic N) is 2. The van der Waals surface area contributed by atoms with E-state index in [0.717, 1.165) is 28.7 Å². The van der Waals surface area contributed by atoms with Crippen LogP contribution in [-0.4, -0.2) is 9.55 Å². The van der Waals surface area contributed by atoms with Gasteiger partial charge in [-0.05, 0) is 29.8 Å². The van der Waals surface area contributed by atoms with Gasteiger partial charge in [-0.2, -0.15) is 13.2 Å². The summed E-state index contributed by atoms with van der Waals surface area (Å²) in [6.45, 7) is 0.499. The highest BCUT2D eigenvalue weighted by molar-refractivity contribution is 5.75. The molecule has 3 rings (SSSR count). The molecule has 0 atom stereocenters. The Labute approximate surface area is 113 Å². The fraction of sp³-hybridized carbons (Fsp3) is 0.133. The van der Waals surface area contributed by atoms with Gasteiger partial charge in [-0.3, -0.25) is 0 Å². The van der Waals surface area contributed by atoms with Crippen LogP contribution < -0.4 is 0 Å². The molecular formula is C15H11F3N2. The first-order chi connectivity index (χ1) is 9.54. The Kier molecular flexibility index (Phi) is 2.97. The van der Waals surface area contributed by atoms with Crippen LogP contribution in [0.25, 0.3) is 11.0 Å². The van der Waals surface area contributed by atoms with Gasteiger partial charge >= 0.3 is 6.18 Å². The number of aromatic nitrogens is 2. The molecule has 3 aromatic rings. The van der Waals surface area contributed by atoms with E-state index in [-0.39, 0.29) is 0 Å². The number of imidazole rings is 1. The number of alkyl halides is 3. The summed E-state index contributed by atoms with van der Waals surface area (Å²) in [7, 11) is 0. The van der Waals surface area contributed by atoms with Gasteiger partial charge in [0.25, 0.3) is 0 Å². The van der Waals surface area contributed by atoms with Gasteiger partial charge in [0.1, 0.15) is 0 Å². The number of hydrogen-bond donors (Lipinski definition) is 0. The first kappa shape index (κ1) is 12.7. The molecule has 5 heteroatoms. The van der Waals surface area contributed by atoms with Crippen molar-refractivity contribution in [3.63, 3.8) is 0 Å². The van der Waals surface area contributed by atoms with Crippen molar-refractivity contribution in [2.45, 2.75) is 12.7 Å². The van der Waals surface area contributed by atoms with Gasteiger partial charge in [0, 0.05) is 6.54 Å². The molecule has 1 heterocycles. The molecule has 0 unspecified atom stereocenters. The molecule has 2 aromatic carbocycles. The minimum Gasteiger partial charge on any atom is -0.326 e. The van der Waals surface area contributed by atoms with Crippen LogP contribution >= 0.6 is 0 Å². The molecule has 0 aliphatic rings. The number of benzene rings is 2. The third kappa shape index (κ3) is 2.39. The summed E-state index contributed by atoms with van der Waals surface area (Å²) in [4.78, 5) is 4.25. The summed E-state index contributed by atoms with van der Waals surface area (Å²) >= 11 is 0. The summed E-state index contributed by atoms with van der Waals surface area (Å²) < 4.78 is 39.4. The Balaban J connectivity index is 1.88. The number of hydrogen-bond acceptors (Lipinski definition) is 1. The van der Waals surface area contributed by atoms with Gasteiger partial charge in [0.05, 0.1) is 22.9 Å². The van der Waals surface area contributed by atoms with Crippen LogP contribution in [0.1, 0.15) is 11.1 Å². The first-order valence-corrected chi connectivity index (χ1v) is 6.10. The molecule has 0 bridgehead atoms. The van der Waals surface area contributed by atoms with Gasteiger partial charge in [-0.1, -0.05) is 24.3 Å². The Morgan fingerprint density at radius 3 is 2.35 bits per heavy atom. The Morgan fingerprint density at radius 2 is 1.65 bits per heavy atom. The zero-order valence-electron chi connectivity index (χ0n) is 10.4. The molecule has 0 aliphatic carbocycles. The van der Waals surface area contributed by atoms with Crippen LogP contribution in [0.5, 0.6) is 0 Å². The third-order valence-electron chi connectivity index (χ3n) is 3.16. The van der Waals surface area contributed by atoms with Gasteiger partial charge in [0.15, 0.2) is 0 Å². The zero-order chi connectivity index (χ0) is 14.2. The van der Waals surface area contributed by atoms with Gasteiger partial charge in [-0.25, -0.2) is 4.98 Å². The maximum Gasteiger partial charge on any atom is 0.416 e. The topological polar surface area (TPSA) is 17.8 Å². The molecule has 2 nitrogen and oxygen atoms in total. The summed E-state index contributed by atoms with van der Waals surface area (Å²) in [6.07, 6.45) is -2.59. The molecule has 0 amide bonds. The quantitative estimate of drug-likeness (QED) is 0.689. The van der Waals surface area contributed by atoms with Crippen LogP contribution in [0.4, 0.5) is 13.2 Å². The highest BCUT2D eigenvalue weighted by Crippen LogP contribution is 2.29. The molecule has 0 radical (unpaired) electrons. The zero-order valence-corrected chi connectivity index (χ0v) is 10.4. The van der Waals surface area contributed by atoms with E-state index >= 15 is 0 Å². The van der Waals surface area contributed by atoms with Crippen LogP contribution in [0.2, 0.25) is 0 Å². The highest BCUT2D eigenvalue weighted by atomic mass is 19.4. The average Bonchev–Trinajstić information content (AvgIpc) is 2.82. The van der Waals surface area contributed by atoms with Crippen molar-refractivity contribution in [1.29, 1.82) is 0 Å². The van der Waals surface area contributed by atoms with Crippen LogP contribution in [0.15, 0.2) is 54.9 Å². The van der Waals surface area contributed by atoms with Crippen LogP contribution in [0.3, 0.4) is 0 Å². The van der Waals surface area contributed by atoms with Crippen molar-refractivity contribution in [3.8, 4) is 0 Å². The number of halogens is 3. The maximum absolute atomic E-state index is 12.5. The fourth-order valence-corrected chi connectivity index (χ4v) is 2.13. The lowest BCUT2D eigenvalue weighted by atomic mass is 10.1. The lowest BCUT2D eigenvalue weighted by Crippen LogP contribution is -2.05. The summed E-state index contributed by atoms with van der Waals surface area (Å²) in [6, 6.07) is 12.9. The van der Waals surface area contributed by atoms with E-state index in [9.17, 15) is 13.2 Å². The predicted octanol–water partition coefficient (Wildman–Crippen LogP) is 4.10. The van der Waals surface area contributed by atoms with Crippen molar-refractivity contribution < 1.29 is 13.2 Å². The van der Waals surface area contributed by atoms with Crippen molar-refractivity contribution in [2.75, 3.05) is 0 Å². The van der Waals surface area contributed by atoms with E-state index in [0.29, 0.717) is 6.54 Å². The number of para-hydroxylation sites is 2. The van der Waals surface area contributed by atoms with Crippen molar-refractivity contribution in [3.05, 3.63) is 66.0 Å². The molecule has 0 N–H and O–H groups in total. The lowest BCUT2D eigenvalue weighted by molar-refractivity contribution is -0.137. The molecular weight excluding hydrogens is 265 g/mol. The maximum atomic E-state index is 12.5. The minimum absolute atomic E-state index is 0.499. The lowest BCUT2D eigenvalue weighted by Gasteiger charge is -2.08. The summed E-state index contributed by atoms with van der Waals surface area (Å²) in [5.74, 6) is 0. The monoisotopic (exact) mass is 276 g/mol. The third-order valence-corrected chi connectivity index (χ3v) is 3.16. The van der Waals surface area contributed by atoms with Crippen LogP contribution in [0, 0.1) is 0 Å². The Hall–Kier alpha value is -2.30. The largest absolute Gasteiger partial charge is 0.416 e. The molecule has 0 saturated heterocycles. The Morgan fingerprint density at radius 1 is 0.950 bits per heavy atom. The standard InChI is InChI=1S/C15H11F3N2/c16-15(17,18)12-7-5-11(6-8-12)9-20-10-19-13-3-1-2-4-14(13)20/h1-8,10H,9H2. The van der Waals surface area contributed by atoms with Crippen LogP contribution in [-0.2, 0) is 12.7 Å². The highest BCUT2D eigenvalue weighted by Gasteiger charge is 2.29. The molecule has 0 fully saturated rings. The molecule has 0 saturated carbocycles. The van der Waals surface area contributed by atoms with Crippen molar-refractivity contribution in [2.24, 2.45) is 0 Å². The second-order valence-electron chi connectivity index (χ2n) is 4.56. The number of fused-ring (bicyclic) bond motifs is 1. The fourth-order valence-electron chi connectivity index (χ4n) is 2.13. The SMILES string of the molecule is FC(F)(F)c1ccc(Cn2cnc3ccccc32)cc1. The second-order valence-corrected chi connectivity index (χ2v) is 4.56. The van der Waals surface area contributed by atoms with E-state index in [1.807, 2.05) is 28.8 Å². The van der Waals surface area contributed by atoms with Gasteiger partial charge < -0.3 is 4.57 Å². The summed E-state index contributed by atoms with van der Waals surface area (Å²) in [5.41, 5.74) is 2.02. The molecule has 0 spiro atoms. The van der Waals surface area contributed by atoms with Crippen molar-refractivity contribution >= 4 is 11.0 Å². The Bertz CT molecular complexity index is 727. The molecule has 20 heavy (non-hydrogen) atoms. The van der Waals surface area contributed by atoms with E-state index in [1.165, 1.54) is 12.1 Å². The summed E-state index contributed by atoms with van der Waals surface area (Å²) in [5, 5.41) is 0. The molecule has 102 valence electrons. The second kappa shape index (κ2) is 4.67. The van der Waals surface area contributed by atoms with Gasteiger partial charge in [-0.15, -0.1) is 0 Å². The van der Waals surface area contributed by atoms with Gasteiger partial charge in [0.2, 0.25) is 0 Å². The van der Waals surface area contributed by atoms with E-state index in [2.05, 4.69) is 4.98 Å². The first-order valence-electron chi connectivity index (χ1n) is 6.10. The molecule has 0 aliphatic heterocycles. The van der Waals surface area contributed by atoms with Crippen molar-refractivity contribution in [1.82, 2.24) is 9.55 Å². The average molecular weight is 276 g/mol. The minimum atomic E-state index is -4.29. The normalized spacial score (nSPS) is 11.9. The van der Waals surface area contributed by atoms with E-state index in [1.54, 1.807) is 6.33 Å². The predicted molar refractivity (Wildman–Crippen MR) is 70.3 cm³/mol. The van der Waals surface area contributed by atoms with E-state index < -0.39 is 11.7 Å². The smallest absolute Gasteiger partial charge is 0.326 e. The van der Waals surface area contributed by atoms with E-state index in [4.69, 9.17) is 0 Å². The number of rotatable bonds is 2. The molecule has 1 aromatic heterocycles.